The van der Waals surface area contributed by atoms with Gasteiger partial charge in [0.2, 0.25) is 0 Å². The number of rotatable bonds is 3. The van der Waals surface area contributed by atoms with Gasteiger partial charge in [0, 0.05) is 11.8 Å². The first-order valence-corrected chi connectivity index (χ1v) is 5.51. The summed E-state index contributed by atoms with van der Waals surface area (Å²) in [5, 5.41) is 7.80. The number of hydrogen-bond donors (Lipinski definition) is 3. The molecule has 1 aromatic heterocycles. The molecule has 6 nitrogen and oxygen atoms in total. The maximum Gasteiger partial charge on any atom is 0.411 e. The van der Waals surface area contributed by atoms with E-state index in [0.717, 1.165) is 5.56 Å². The number of H-pyrrole nitrogens is 2. The molecule has 18 heavy (non-hydrogen) atoms. The van der Waals surface area contributed by atoms with Gasteiger partial charge in [0.05, 0.1) is 12.3 Å². The van der Waals surface area contributed by atoms with Gasteiger partial charge in [-0.2, -0.15) is 0 Å². The van der Waals surface area contributed by atoms with E-state index < -0.39 is 6.09 Å². The smallest absolute Gasteiger partial charge is 0.411 e. The Morgan fingerprint density at radius 1 is 1.28 bits per heavy atom. The SMILES string of the molecule is CCOC(=O)Nc1ccc(-c2cc(=O)[nH][nH]2)cc1. The fourth-order valence-electron chi connectivity index (χ4n) is 1.51. The summed E-state index contributed by atoms with van der Waals surface area (Å²) in [6.07, 6.45) is -0.486. The number of aromatic amines is 2. The minimum atomic E-state index is -0.486. The summed E-state index contributed by atoms with van der Waals surface area (Å²) in [7, 11) is 0. The van der Waals surface area contributed by atoms with Crippen molar-refractivity contribution in [3.05, 3.63) is 40.7 Å². The highest BCUT2D eigenvalue weighted by molar-refractivity contribution is 5.85. The maximum atomic E-state index is 11.2. The van der Waals surface area contributed by atoms with Crippen molar-refractivity contribution in [2.75, 3.05) is 11.9 Å². The molecular weight excluding hydrogens is 234 g/mol. The Bertz CT molecular complexity index is 583. The molecule has 0 spiro atoms. The van der Waals surface area contributed by atoms with E-state index >= 15 is 0 Å². The summed E-state index contributed by atoms with van der Waals surface area (Å²) in [5.41, 5.74) is 2.00. The van der Waals surface area contributed by atoms with Crippen LogP contribution >= 0.6 is 0 Å². The van der Waals surface area contributed by atoms with Crippen LogP contribution in [0.4, 0.5) is 10.5 Å². The lowest BCUT2D eigenvalue weighted by Crippen LogP contribution is -2.13. The van der Waals surface area contributed by atoms with Crippen molar-refractivity contribution in [1.82, 2.24) is 10.2 Å². The van der Waals surface area contributed by atoms with Crippen LogP contribution < -0.4 is 10.9 Å². The number of amides is 1. The number of aromatic nitrogens is 2. The van der Waals surface area contributed by atoms with E-state index in [1.807, 2.05) is 0 Å². The van der Waals surface area contributed by atoms with Gasteiger partial charge in [0.15, 0.2) is 0 Å². The Balaban J connectivity index is 2.10. The van der Waals surface area contributed by atoms with Crippen molar-refractivity contribution >= 4 is 11.8 Å². The van der Waals surface area contributed by atoms with Crippen molar-refractivity contribution in [3.63, 3.8) is 0 Å². The second kappa shape index (κ2) is 5.22. The first-order chi connectivity index (χ1) is 8.69. The van der Waals surface area contributed by atoms with Gasteiger partial charge in [-0.25, -0.2) is 4.79 Å². The van der Waals surface area contributed by atoms with Gasteiger partial charge in [-0.05, 0) is 24.6 Å². The first kappa shape index (κ1) is 12.0. The molecule has 0 bridgehead atoms. The predicted molar refractivity (Wildman–Crippen MR) is 67.5 cm³/mol. The van der Waals surface area contributed by atoms with Crippen molar-refractivity contribution in [2.45, 2.75) is 6.92 Å². The molecule has 0 radical (unpaired) electrons. The Hall–Kier alpha value is -2.50. The van der Waals surface area contributed by atoms with Crippen LogP contribution in [0.25, 0.3) is 11.3 Å². The second-order valence-corrected chi connectivity index (χ2v) is 3.60. The van der Waals surface area contributed by atoms with E-state index in [1.54, 1.807) is 31.2 Å². The molecule has 0 saturated carbocycles. The number of carbonyl (C=O) groups is 1. The summed E-state index contributed by atoms with van der Waals surface area (Å²) in [5.74, 6) is 0. The Kier molecular flexibility index (Phi) is 3.47. The van der Waals surface area contributed by atoms with Gasteiger partial charge in [-0.1, -0.05) is 12.1 Å². The third-order valence-corrected chi connectivity index (χ3v) is 2.31. The third-order valence-electron chi connectivity index (χ3n) is 2.31. The molecule has 0 aliphatic carbocycles. The molecule has 2 aromatic rings. The zero-order valence-corrected chi connectivity index (χ0v) is 9.82. The molecule has 0 aliphatic rings. The highest BCUT2D eigenvalue weighted by atomic mass is 16.5. The van der Waals surface area contributed by atoms with Crippen LogP contribution in [-0.2, 0) is 4.74 Å². The van der Waals surface area contributed by atoms with Gasteiger partial charge in [-0.3, -0.25) is 20.3 Å². The molecule has 0 atom stereocenters. The van der Waals surface area contributed by atoms with Gasteiger partial charge >= 0.3 is 6.09 Å². The van der Waals surface area contributed by atoms with E-state index in [1.165, 1.54) is 6.07 Å². The van der Waals surface area contributed by atoms with Crippen LogP contribution in [0.15, 0.2) is 35.1 Å². The molecule has 94 valence electrons. The summed E-state index contributed by atoms with van der Waals surface area (Å²) in [4.78, 5) is 22.2. The molecule has 0 fully saturated rings. The molecule has 0 saturated heterocycles. The largest absolute Gasteiger partial charge is 0.450 e. The Labute approximate surface area is 103 Å². The van der Waals surface area contributed by atoms with Crippen LogP contribution in [-0.4, -0.2) is 22.9 Å². The third kappa shape index (κ3) is 2.79. The summed E-state index contributed by atoms with van der Waals surface area (Å²) in [6, 6.07) is 8.52. The summed E-state index contributed by atoms with van der Waals surface area (Å²) < 4.78 is 4.76. The standard InChI is InChI=1S/C12H13N3O3/c1-2-18-12(17)13-9-5-3-8(4-6-9)10-7-11(16)15-14-10/h3-7H,2H2,1H3,(H,13,17)(H2,14,15,16). The predicted octanol–water partition coefficient (Wildman–Crippen LogP) is 1.94. The lowest BCUT2D eigenvalue weighted by Gasteiger charge is -2.05. The fraction of sp³-hybridized carbons (Fsp3) is 0.167. The van der Waals surface area contributed by atoms with E-state index in [2.05, 4.69) is 15.5 Å². The normalized spacial score (nSPS) is 10.1. The molecule has 0 unspecified atom stereocenters. The zero-order valence-electron chi connectivity index (χ0n) is 9.82. The molecule has 0 aliphatic heterocycles. The van der Waals surface area contributed by atoms with Gasteiger partial charge in [0.25, 0.3) is 5.56 Å². The lowest BCUT2D eigenvalue weighted by atomic mass is 10.1. The first-order valence-electron chi connectivity index (χ1n) is 5.51. The second-order valence-electron chi connectivity index (χ2n) is 3.60. The van der Waals surface area contributed by atoms with Crippen molar-refractivity contribution < 1.29 is 9.53 Å². The van der Waals surface area contributed by atoms with E-state index in [0.29, 0.717) is 18.0 Å². The molecule has 2 rings (SSSR count). The number of anilines is 1. The average molecular weight is 247 g/mol. The van der Waals surface area contributed by atoms with Gasteiger partial charge in [-0.15, -0.1) is 0 Å². The quantitative estimate of drug-likeness (QED) is 0.774. The Morgan fingerprint density at radius 3 is 2.56 bits per heavy atom. The average Bonchev–Trinajstić information content (AvgIpc) is 2.77. The lowest BCUT2D eigenvalue weighted by molar-refractivity contribution is 0.168. The van der Waals surface area contributed by atoms with Gasteiger partial charge in [0.1, 0.15) is 0 Å². The number of hydrogen-bond acceptors (Lipinski definition) is 3. The zero-order chi connectivity index (χ0) is 13.0. The number of nitrogens with one attached hydrogen (secondary N) is 3. The van der Waals surface area contributed by atoms with Crippen molar-refractivity contribution in [2.24, 2.45) is 0 Å². The summed E-state index contributed by atoms with van der Waals surface area (Å²) in [6.45, 7) is 2.07. The van der Waals surface area contributed by atoms with E-state index in [-0.39, 0.29) is 5.56 Å². The fourth-order valence-corrected chi connectivity index (χ4v) is 1.51. The molecule has 1 heterocycles. The van der Waals surface area contributed by atoms with Crippen LogP contribution in [0.3, 0.4) is 0 Å². The molecule has 6 heteroatoms. The molecule has 1 amide bonds. The highest BCUT2D eigenvalue weighted by Gasteiger charge is 2.03. The Morgan fingerprint density at radius 2 is 2.00 bits per heavy atom. The summed E-state index contributed by atoms with van der Waals surface area (Å²) >= 11 is 0. The van der Waals surface area contributed by atoms with Crippen molar-refractivity contribution in [3.8, 4) is 11.3 Å². The van der Waals surface area contributed by atoms with Crippen molar-refractivity contribution in [1.29, 1.82) is 0 Å². The van der Waals surface area contributed by atoms with E-state index in [9.17, 15) is 9.59 Å². The topological polar surface area (TPSA) is 87.0 Å². The number of ether oxygens (including phenoxy) is 1. The monoisotopic (exact) mass is 247 g/mol. The van der Waals surface area contributed by atoms with Crippen LogP contribution in [0.1, 0.15) is 6.92 Å². The van der Waals surface area contributed by atoms with Crippen LogP contribution in [0.5, 0.6) is 0 Å². The molecule has 3 N–H and O–H groups in total. The number of benzene rings is 1. The molecular formula is C12H13N3O3. The maximum absolute atomic E-state index is 11.2. The minimum absolute atomic E-state index is 0.182. The highest BCUT2D eigenvalue weighted by Crippen LogP contribution is 2.18. The van der Waals surface area contributed by atoms with Crippen LogP contribution in [0, 0.1) is 0 Å². The number of carbonyl (C=O) groups excluding carboxylic acids is 1. The minimum Gasteiger partial charge on any atom is -0.450 e. The van der Waals surface area contributed by atoms with E-state index in [4.69, 9.17) is 4.74 Å². The van der Waals surface area contributed by atoms with Gasteiger partial charge < -0.3 is 4.74 Å². The van der Waals surface area contributed by atoms with Crippen LogP contribution in [0.2, 0.25) is 0 Å². The molecule has 1 aromatic carbocycles.